The van der Waals surface area contributed by atoms with Crippen LogP contribution in [0.25, 0.3) is 22.3 Å². The molecule has 3 aliphatic heterocycles. The van der Waals surface area contributed by atoms with Gasteiger partial charge in [0.05, 0.1) is 12.1 Å². The number of piperidine rings is 1. The Balaban J connectivity index is 1.25. The predicted octanol–water partition coefficient (Wildman–Crippen LogP) is 4.41. The summed E-state index contributed by atoms with van der Waals surface area (Å²) in [6.45, 7) is 2.60. The molecule has 0 spiro atoms. The summed E-state index contributed by atoms with van der Waals surface area (Å²) in [5.41, 5.74) is 4.28. The number of hydrogen-bond acceptors (Lipinski definition) is 7. The molecule has 0 aromatic heterocycles. The molecule has 3 amide bonds. The summed E-state index contributed by atoms with van der Waals surface area (Å²) < 4.78 is 26.6. The summed E-state index contributed by atoms with van der Waals surface area (Å²) in [7, 11) is 4.87. The molecule has 6 rings (SSSR count). The van der Waals surface area contributed by atoms with Crippen LogP contribution >= 0.6 is 11.6 Å². The standard InChI is InChI=1S/C34H35ClFN5O5/c1-18-21(7-6-10-27(18)39-31(43)25-17-40(2)33-34(46-33)41(3)32(25)44)23-9-5-8-22(30(23)35)19-13-26(36)24(28(14-19)45-4)16-37-20-11-12-29(42)38-15-20/h5-10,13-14,17,20,33-34,37H,11-12,15-16H2,1-4H3,(H,38,42)(H,39,43)/t20-,33?,34?/m1/s1. The van der Waals surface area contributed by atoms with Crippen LogP contribution < -0.4 is 20.7 Å². The number of anilines is 1. The third-order valence-corrected chi connectivity index (χ3v) is 9.15. The molecule has 240 valence electrons. The van der Waals surface area contributed by atoms with Crippen molar-refractivity contribution in [3.8, 4) is 28.0 Å². The molecule has 3 aromatic carbocycles. The molecule has 0 radical (unpaired) electrons. The summed E-state index contributed by atoms with van der Waals surface area (Å²) in [6, 6.07) is 14.2. The maximum absolute atomic E-state index is 15.6. The molecule has 3 N–H and O–H groups in total. The van der Waals surface area contributed by atoms with Crippen molar-refractivity contribution in [3.05, 3.63) is 82.3 Å². The van der Waals surface area contributed by atoms with Crippen molar-refractivity contribution in [3.63, 3.8) is 0 Å². The van der Waals surface area contributed by atoms with Crippen LogP contribution in [0.1, 0.15) is 24.0 Å². The van der Waals surface area contributed by atoms with E-state index in [-0.39, 0.29) is 36.5 Å². The van der Waals surface area contributed by atoms with Crippen LogP contribution in [0.3, 0.4) is 0 Å². The Morgan fingerprint density at radius 1 is 1.11 bits per heavy atom. The second-order valence-corrected chi connectivity index (χ2v) is 12.1. The lowest BCUT2D eigenvalue weighted by molar-refractivity contribution is -0.129. The highest BCUT2D eigenvalue weighted by Gasteiger charge is 2.50. The Labute approximate surface area is 271 Å². The smallest absolute Gasteiger partial charge is 0.262 e. The van der Waals surface area contributed by atoms with Gasteiger partial charge < -0.3 is 35.2 Å². The zero-order chi connectivity index (χ0) is 32.7. The van der Waals surface area contributed by atoms with E-state index in [4.69, 9.17) is 21.1 Å². The normalized spacial score (nSPS) is 20.8. The van der Waals surface area contributed by atoms with Crippen LogP contribution in [0.15, 0.2) is 60.3 Å². The highest BCUT2D eigenvalue weighted by Crippen LogP contribution is 2.41. The first-order chi connectivity index (χ1) is 22.1. The average molecular weight is 648 g/mol. The summed E-state index contributed by atoms with van der Waals surface area (Å²) in [5, 5.41) is 9.43. The molecule has 3 atom stereocenters. The maximum Gasteiger partial charge on any atom is 0.262 e. The molecule has 0 bridgehead atoms. The summed E-state index contributed by atoms with van der Waals surface area (Å²) in [4.78, 5) is 40.9. The van der Waals surface area contributed by atoms with Crippen molar-refractivity contribution in [2.75, 3.05) is 33.1 Å². The van der Waals surface area contributed by atoms with Gasteiger partial charge in [-0.05, 0) is 48.2 Å². The lowest BCUT2D eigenvalue weighted by Crippen LogP contribution is -2.45. The van der Waals surface area contributed by atoms with Gasteiger partial charge in [-0.2, -0.15) is 0 Å². The van der Waals surface area contributed by atoms with Crippen LogP contribution in [-0.2, 0) is 25.7 Å². The van der Waals surface area contributed by atoms with E-state index in [0.717, 1.165) is 11.1 Å². The molecular formula is C34H35ClFN5O5. The van der Waals surface area contributed by atoms with Crippen LogP contribution in [0.5, 0.6) is 5.75 Å². The number of amides is 3. The number of fused-ring (bicyclic) bond motifs is 1. The first kappa shape index (κ1) is 31.5. The van der Waals surface area contributed by atoms with E-state index < -0.39 is 17.6 Å². The van der Waals surface area contributed by atoms with Crippen molar-refractivity contribution in [1.82, 2.24) is 20.4 Å². The number of epoxide rings is 1. The van der Waals surface area contributed by atoms with E-state index in [9.17, 15) is 14.4 Å². The zero-order valence-corrected chi connectivity index (χ0v) is 26.7. The first-order valence-corrected chi connectivity index (χ1v) is 15.4. The molecule has 2 saturated heterocycles. The summed E-state index contributed by atoms with van der Waals surface area (Å²) in [6.07, 6.45) is 1.97. The third kappa shape index (κ3) is 6.05. The number of ether oxygens (including phenoxy) is 2. The number of methoxy groups -OCH3 is 1. The maximum atomic E-state index is 15.6. The van der Waals surface area contributed by atoms with Gasteiger partial charge in [-0.25, -0.2) is 4.39 Å². The largest absolute Gasteiger partial charge is 0.496 e. The predicted molar refractivity (Wildman–Crippen MR) is 172 cm³/mol. The Hall–Kier alpha value is -4.45. The molecular weight excluding hydrogens is 613 g/mol. The molecule has 3 heterocycles. The Morgan fingerprint density at radius 3 is 2.59 bits per heavy atom. The average Bonchev–Trinajstić information content (AvgIpc) is 3.86. The van der Waals surface area contributed by atoms with Crippen molar-refractivity contribution < 1.29 is 28.2 Å². The fourth-order valence-corrected chi connectivity index (χ4v) is 6.30. The molecule has 0 aliphatic carbocycles. The monoisotopic (exact) mass is 647 g/mol. The van der Waals surface area contributed by atoms with Gasteiger partial charge >= 0.3 is 0 Å². The number of hydrogen-bond donors (Lipinski definition) is 3. The van der Waals surface area contributed by atoms with Crippen LogP contribution in [0.2, 0.25) is 5.02 Å². The number of halogens is 2. The lowest BCUT2D eigenvalue weighted by Gasteiger charge is -2.24. The molecule has 10 nitrogen and oxygen atoms in total. The van der Waals surface area contributed by atoms with E-state index in [0.29, 0.717) is 58.1 Å². The molecule has 2 unspecified atom stereocenters. The second kappa shape index (κ2) is 12.7. The number of nitrogens with zero attached hydrogens (tertiary/aromatic N) is 2. The van der Waals surface area contributed by atoms with Crippen molar-refractivity contribution >= 4 is 35.0 Å². The Kier molecular flexibility index (Phi) is 8.73. The molecule has 3 aromatic rings. The Bertz CT molecular complexity index is 1750. The van der Waals surface area contributed by atoms with E-state index >= 15 is 4.39 Å². The van der Waals surface area contributed by atoms with Crippen LogP contribution in [0.4, 0.5) is 10.1 Å². The minimum absolute atomic E-state index is 0.00534. The van der Waals surface area contributed by atoms with Gasteiger partial charge in [0.25, 0.3) is 11.8 Å². The van der Waals surface area contributed by atoms with Crippen molar-refractivity contribution in [2.24, 2.45) is 0 Å². The summed E-state index contributed by atoms with van der Waals surface area (Å²) >= 11 is 7.00. The topological polar surface area (TPSA) is 116 Å². The highest BCUT2D eigenvalue weighted by molar-refractivity contribution is 6.36. The van der Waals surface area contributed by atoms with Gasteiger partial charge in [0.15, 0.2) is 12.5 Å². The molecule has 2 fully saturated rings. The van der Waals surface area contributed by atoms with Crippen molar-refractivity contribution in [2.45, 2.75) is 44.8 Å². The van der Waals surface area contributed by atoms with Gasteiger partial charge in [-0.15, -0.1) is 0 Å². The van der Waals surface area contributed by atoms with E-state index in [1.807, 2.05) is 31.2 Å². The fraction of sp³-hybridized carbons (Fsp3) is 0.324. The van der Waals surface area contributed by atoms with Gasteiger partial charge in [-0.1, -0.05) is 41.9 Å². The number of carbonyl (C=O) groups excluding carboxylic acids is 3. The minimum atomic E-state index is -0.532. The van der Waals surface area contributed by atoms with Crippen molar-refractivity contribution in [1.29, 1.82) is 0 Å². The summed E-state index contributed by atoms with van der Waals surface area (Å²) in [5.74, 6) is -0.992. The van der Waals surface area contributed by atoms with E-state index in [1.54, 1.807) is 37.2 Å². The SMILES string of the molecule is COc1cc(-c2cccc(-c3cccc(NC(=O)C4=CN(C)C5OC5N(C)C4=O)c3C)c2Cl)cc(F)c1CN[C@@H]1CCC(=O)NC1. The second-order valence-electron chi connectivity index (χ2n) is 11.7. The quantitative estimate of drug-likeness (QED) is 0.245. The van der Waals surface area contributed by atoms with E-state index in [1.165, 1.54) is 24.3 Å². The number of nitrogens with one attached hydrogen (secondary N) is 3. The van der Waals surface area contributed by atoms with Crippen LogP contribution in [0, 0.1) is 12.7 Å². The molecule has 3 aliphatic rings. The molecule has 46 heavy (non-hydrogen) atoms. The first-order valence-electron chi connectivity index (χ1n) is 15.0. The van der Waals surface area contributed by atoms with E-state index in [2.05, 4.69) is 16.0 Å². The lowest BCUT2D eigenvalue weighted by atomic mass is 9.94. The number of likely N-dealkylation sites (N-methyl/N-ethyl adjacent to an activating group) is 2. The minimum Gasteiger partial charge on any atom is -0.496 e. The molecule has 12 heteroatoms. The highest BCUT2D eigenvalue weighted by atomic mass is 35.5. The van der Waals surface area contributed by atoms with Gasteiger partial charge in [-0.3, -0.25) is 14.4 Å². The Morgan fingerprint density at radius 2 is 1.85 bits per heavy atom. The van der Waals surface area contributed by atoms with Gasteiger partial charge in [0.2, 0.25) is 5.91 Å². The number of benzene rings is 3. The third-order valence-electron chi connectivity index (χ3n) is 8.75. The fourth-order valence-electron chi connectivity index (χ4n) is 5.96. The van der Waals surface area contributed by atoms with Gasteiger partial charge in [0.1, 0.15) is 17.1 Å². The molecule has 0 saturated carbocycles. The van der Waals surface area contributed by atoms with Gasteiger partial charge in [0, 0.05) is 68.2 Å². The van der Waals surface area contributed by atoms with Crippen LogP contribution in [-0.4, -0.2) is 73.8 Å². The number of carbonyl (C=O) groups is 3. The number of rotatable bonds is 8. The zero-order valence-electron chi connectivity index (χ0n) is 25.9.